The SMILES string of the molecule is CCCC1CCCCN1c1cc(C)ncc1CCl. The monoisotopic (exact) mass is 266 g/mol. The molecule has 1 aromatic rings. The molecule has 1 saturated heterocycles. The molecule has 0 spiro atoms. The summed E-state index contributed by atoms with van der Waals surface area (Å²) in [7, 11) is 0. The number of alkyl halides is 1. The van der Waals surface area contributed by atoms with Gasteiger partial charge in [0.1, 0.15) is 0 Å². The summed E-state index contributed by atoms with van der Waals surface area (Å²) in [5.74, 6) is 0.554. The maximum absolute atomic E-state index is 6.06. The molecule has 1 aliphatic rings. The molecule has 0 radical (unpaired) electrons. The molecule has 100 valence electrons. The zero-order chi connectivity index (χ0) is 13.0. The van der Waals surface area contributed by atoms with Crippen molar-refractivity contribution in [3.05, 3.63) is 23.5 Å². The highest BCUT2D eigenvalue weighted by molar-refractivity contribution is 6.17. The number of piperidine rings is 1. The summed E-state index contributed by atoms with van der Waals surface area (Å²) in [5, 5.41) is 0. The van der Waals surface area contributed by atoms with Crippen LogP contribution in [0.15, 0.2) is 12.3 Å². The number of hydrogen-bond donors (Lipinski definition) is 0. The number of pyridine rings is 1. The number of aryl methyl sites for hydroxylation is 1. The van der Waals surface area contributed by atoms with E-state index in [9.17, 15) is 0 Å². The van der Waals surface area contributed by atoms with Gasteiger partial charge in [-0.25, -0.2) is 0 Å². The summed E-state index contributed by atoms with van der Waals surface area (Å²) in [5.41, 5.74) is 3.57. The van der Waals surface area contributed by atoms with Crippen molar-refractivity contribution in [3.63, 3.8) is 0 Å². The van der Waals surface area contributed by atoms with Crippen molar-refractivity contribution < 1.29 is 0 Å². The van der Waals surface area contributed by atoms with Crippen molar-refractivity contribution in [2.45, 2.75) is 57.9 Å². The normalized spacial score (nSPS) is 20.2. The van der Waals surface area contributed by atoms with Crippen LogP contribution in [0.1, 0.15) is 50.3 Å². The summed E-state index contributed by atoms with van der Waals surface area (Å²) >= 11 is 6.06. The average molecular weight is 267 g/mol. The van der Waals surface area contributed by atoms with Crippen LogP contribution in [0.3, 0.4) is 0 Å². The number of rotatable bonds is 4. The fourth-order valence-electron chi connectivity index (χ4n) is 2.90. The number of nitrogens with zero attached hydrogens (tertiary/aromatic N) is 2. The van der Waals surface area contributed by atoms with Gasteiger partial charge >= 0.3 is 0 Å². The number of halogens is 1. The Balaban J connectivity index is 2.29. The third kappa shape index (κ3) is 2.97. The molecule has 1 atom stereocenters. The Kier molecular flexibility index (Phi) is 4.87. The van der Waals surface area contributed by atoms with E-state index in [1.807, 2.05) is 6.20 Å². The minimum absolute atomic E-state index is 0.554. The van der Waals surface area contributed by atoms with Gasteiger partial charge in [-0.3, -0.25) is 4.98 Å². The van der Waals surface area contributed by atoms with Crippen LogP contribution >= 0.6 is 11.6 Å². The zero-order valence-corrected chi connectivity index (χ0v) is 12.2. The molecule has 2 rings (SSSR count). The van der Waals surface area contributed by atoms with Crippen molar-refractivity contribution in [1.29, 1.82) is 0 Å². The van der Waals surface area contributed by atoms with Crippen LogP contribution in [0.4, 0.5) is 5.69 Å². The molecule has 1 aromatic heterocycles. The third-order valence-electron chi connectivity index (χ3n) is 3.80. The second-order valence-corrected chi connectivity index (χ2v) is 5.49. The molecule has 1 fully saturated rings. The van der Waals surface area contributed by atoms with Gasteiger partial charge in [-0.05, 0) is 38.7 Å². The van der Waals surface area contributed by atoms with Crippen molar-refractivity contribution >= 4 is 17.3 Å². The number of hydrogen-bond acceptors (Lipinski definition) is 2. The maximum atomic E-state index is 6.06. The quantitative estimate of drug-likeness (QED) is 0.756. The van der Waals surface area contributed by atoms with E-state index in [1.165, 1.54) is 43.4 Å². The standard InChI is InChI=1S/C15H23ClN2/c1-3-6-14-7-4-5-8-18(14)15-9-12(2)17-11-13(15)10-16/h9,11,14H,3-8,10H2,1-2H3. The smallest absolute Gasteiger partial charge is 0.0509 e. The third-order valence-corrected chi connectivity index (χ3v) is 4.09. The highest BCUT2D eigenvalue weighted by atomic mass is 35.5. The van der Waals surface area contributed by atoms with Gasteiger partial charge < -0.3 is 4.90 Å². The van der Waals surface area contributed by atoms with E-state index in [2.05, 4.69) is 29.8 Å². The molecular formula is C15H23ClN2. The fourth-order valence-corrected chi connectivity index (χ4v) is 3.10. The Morgan fingerprint density at radius 3 is 3.00 bits per heavy atom. The average Bonchev–Trinajstić information content (AvgIpc) is 2.40. The predicted octanol–water partition coefficient (Wildman–Crippen LogP) is 4.29. The first-order valence-electron chi connectivity index (χ1n) is 7.04. The number of aromatic nitrogens is 1. The van der Waals surface area contributed by atoms with Crippen molar-refractivity contribution in [2.24, 2.45) is 0 Å². The molecule has 3 heteroatoms. The zero-order valence-electron chi connectivity index (χ0n) is 11.5. The molecule has 0 aromatic carbocycles. The van der Waals surface area contributed by atoms with Crippen LogP contribution in [-0.4, -0.2) is 17.6 Å². The maximum Gasteiger partial charge on any atom is 0.0509 e. The van der Waals surface area contributed by atoms with Crippen LogP contribution in [0, 0.1) is 6.92 Å². The lowest BCUT2D eigenvalue weighted by atomic mass is 9.97. The van der Waals surface area contributed by atoms with Crippen LogP contribution in [0.5, 0.6) is 0 Å². The first-order chi connectivity index (χ1) is 8.76. The Hall–Kier alpha value is -0.760. The summed E-state index contributed by atoms with van der Waals surface area (Å²) in [6.07, 6.45) is 8.45. The van der Waals surface area contributed by atoms with Gasteiger partial charge in [0.15, 0.2) is 0 Å². The van der Waals surface area contributed by atoms with Crippen LogP contribution in [0.25, 0.3) is 0 Å². The van der Waals surface area contributed by atoms with E-state index in [1.54, 1.807) is 0 Å². The molecule has 2 nitrogen and oxygen atoms in total. The second kappa shape index (κ2) is 6.42. The molecule has 0 amide bonds. The van der Waals surface area contributed by atoms with Gasteiger partial charge in [-0.2, -0.15) is 0 Å². The van der Waals surface area contributed by atoms with E-state index in [-0.39, 0.29) is 0 Å². The van der Waals surface area contributed by atoms with Gasteiger partial charge in [0.2, 0.25) is 0 Å². The first kappa shape index (κ1) is 13.7. The van der Waals surface area contributed by atoms with Gasteiger partial charge in [-0.1, -0.05) is 13.3 Å². The van der Waals surface area contributed by atoms with Crippen LogP contribution in [0.2, 0.25) is 0 Å². The van der Waals surface area contributed by atoms with E-state index in [4.69, 9.17) is 11.6 Å². The Morgan fingerprint density at radius 2 is 2.28 bits per heavy atom. The molecule has 18 heavy (non-hydrogen) atoms. The molecule has 0 aliphatic carbocycles. The van der Waals surface area contributed by atoms with Crippen LogP contribution < -0.4 is 4.90 Å². The highest BCUT2D eigenvalue weighted by Gasteiger charge is 2.23. The fraction of sp³-hybridized carbons (Fsp3) is 0.667. The summed E-state index contributed by atoms with van der Waals surface area (Å²) in [4.78, 5) is 6.93. The largest absolute Gasteiger partial charge is 0.368 e. The first-order valence-corrected chi connectivity index (χ1v) is 7.57. The molecular weight excluding hydrogens is 244 g/mol. The van der Waals surface area contributed by atoms with Gasteiger partial charge in [-0.15, -0.1) is 11.6 Å². The van der Waals surface area contributed by atoms with Crippen molar-refractivity contribution in [2.75, 3.05) is 11.4 Å². The lowest BCUT2D eigenvalue weighted by Gasteiger charge is -2.38. The molecule has 2 heterocycles. The van der Waals surface area contributed by atoms with Gasteiger partial charge in [0.25, 0.3) is 0 Å². The minimum Gasteiger partial charge on any atom is -0.368 e. The van der Waals surface area contributed by atoms with Crippen LogP contribution in [-0.2, 0) is 5.88 Å². The molecule has 0 bridgehead atoms. The van der Waals surface area contributed by atoms with E-state index < -0.39 is 0 Å². The Bertz CT molecular complexity index is 390. The summed E-state index contributed by atoms with van der Waals surface area (Å²) < 4.78 is 0. The van der Waals surface area contributed by atoms with E-state index in [0.29, 0.717) is 11.9 Å². The molecule has 1 aliphatic heterocycles. The molecule has 0 saturated carbocycles. The Labute approximate surface area is 115 Å². The summed E-state index contributed by atoms with van der Waals surface area (Å²) in [6.45, 7) is 5.49. The lowest BCUT2D eigenvalue weighted by Crippen LogP contribution is -2.40. The molecule has 1 unspecified atom stereocenters. The number of anilines is 1. The minimum atomic E-state index is 0.554. The predicted molar refractivity (Wildman–Crippen MR) is 78.4 cm³/mol. The van der Waals surface area contributed by atoms with E-state index >= 15 is 0 Å². The van der Waals surface area contributed by atoms with E-state index in [0.717, 1.165) is 12.2 Å². The van der Waals surface area contributed by atoms with Crippen molar-refractivity contribution in [1.82, 2.24) is 4.98 Å². The van der Waals surface area contributed by atoms with Gasteiger partial charge in [0, 0.05) is 35.7 Å². The topological polar surface area (TPSA) is 16.1 Å². The molecule has 0 N–H and O–H groups in total. The highest BCUT2D eigenvalue weighted by Crippen LogP contribution is 2.30. The summed E-state index contributed by atoms with van der Waals surface area (Å²) in [6, 6.07) is 2.89. The second-order valence-electron chi connectivity index (χ2n) is 5.22. The van der Waals surface area contributed by atoms with Gasteiger partial charge in [0.05, 0.1) is 5.88 Å². The van der Waals surface area contributed by atoms with Crippen molar-refractivity contribution in [3.8, 4) is 0 Å². The lowest BCUT2D eigenvalue weighted by molar-refractivity contribution is 0.434. The Morgan fingerprint density at radius 1 is 1.44 bits per heavy atom.